The van der Waals surface area contributed by atoms with Crippen molar-refractivity contribution in [3.05, 3.63) is 94.2 Å². The Labute approximate surface area is 164 Å². The summed E-state index contributed by atoms with van der Waals surface area (Å²) in [5.41, 5.74) is 2.34. The lowest BCUT2D eigenvalue weighted by atomic mass is 9.88. The topological polar surface area (TPSA) is 29.5 Å². The average Bonchev–Trinajstić information content (AvgIpc) is 3.34. The summed E-state index contributed by atoms with van der Waals surface area (Å²) in [6, 6.07) is 24.7. The number of hydrogen-bond donors (Lipinski definition) is 0. The fraction of sp³-hybridized carbons (Fsp3) is 0.261. The lowest BCUT2D eigenvalue weighted by Gasteiger charge is -2.32. The molecule has 0 saturated carbocycles. The van der Waals surface area contributed by atoms with E-state index in [1.165, 1.54) is 10.4 Å². The molecule has 1 fully saturated rings. The van der Waals surface area contributed by atoms with E-state index in [0.29, 0.717) is 13.0 Å². The van der Waals surface area contributed by atoms with Gasteiger partial charge in [-0.15, -0.1) is 11.3 Å². The van der Waals surface area contributed by atoms with Gasteiger partial charge in [0, 0.05) is 24.3 Å². The molecule has 4 heteroatoms. The zero-order valence-corrected chi connectivity index (χ0v) is 16.1. The van der Waals surface area contributed by atoms with Crippen LogP contribution in [0.25, 0.3) is 0 Å². The molecule has 0 unspecified atom stereocenters. The van der Waals surface area contributed by atoms with Crippen LogP contribution in [-0.4, -0.2) is 23.9 Å². The molecule has 3 aromatic rings. The first kappa shape index (κ1) is 18.0. The fourth-order valence-electron chi connectivity index (χ4n) is 3.88. The number of amides is 1. The number of thiophene rings is 1. The summed E-state index contributed by atoms with van der Waals surface area (Å²) >= 11 is 1.69. The van der Waals surface area contributed by atoms with Crippen molar-refractivity contribution in [3.8, 4) is 0 Å². The van der Waals surface area contributed by atoms with E-state index in [4.69, 9.17) is 4.74 Å². The second kappa shape index (κ2) is 8.07. The normalized spacial score (nSPS) is 20.8. The minimum absolute atomic E-state index is 0.0118. The summed E-state index contributed by atoms with van der Waals surface area (Å²) in [5, 5.41) is 2.07. The maximum Gasteiger partial charge on any atom is 0.223 e. The first-order valence-electron chi connectivity index (χ1n) is 9.23. The van der Waals surface area contributed by atoms with Crippen LogP contribution in [0, 0.1) is 0 Å². The molecule has 3 atom stereocenters. The van der Waals surface area contributed by atoms with E-state index in [9.17, 15) is 4.79 Å². The molecule has 0 bridgehead atoms. The van der Waals surface area contributed by atoms with Gasteiger partial charge in [0.15, 0.2) is 0 Å². The van der Waals surface area contributed by atoms with Gasteiger partial charge in [0.2, 0.25) is 5.91 Å². The Balaban J connectivity index is 1.65. The van der Waals surface area contributed by atoms with Crippen molar-refractivity contribution in [3.63, 3.8) is 0 Å². The van der Waals surface area contributed by atoms with E-state index in [-0.39, 0.29) is 24.0 Å². The van der Waals surface area contributed by atoms with Gasteiger partial charge in [-0.25, -0.2) is 0 Å². The lowest BCUT2D eigenvalue weighted by molar-refractivity contribution is -0.129. The summed E-state index contributed by atoms with van der Waals surface area (Å²) in [6.07, 6.45) is 0.383. The number of likely N-dealkylation sites (tertiary alicyclic amines) is 1. The van der Waals surface area contributed by atoms with Gasteiger partial charge in [-0.05, 0) is 22.6 Å². The van der Waals surface area contributed by atoms with E-state index in [0.717, 1.165) is 5.56 Å². The molecule has 1 aromatic heterocycles. The van der Waals surface area contributed by atoms with Crippen LogP contribution in [0.5, 0.6) is 0 Å². The quantitative estimate of drug-likeness (QED) is 0.604. The smallest absolute Gasteiger partial charge is 0.223 e. The Kier molecular flexibility index (Phi) is 5.37. The van der Waals surface area contributed by atoms with Crippen molar-refractivity contribution in [2.75, 3.05) is 7.05 Å². The average molecular weight is 378 g/mol. The molecule has 2 aromatic carbocycles. The van der Waals surface area contributed by atoms with Crippen molar-refractivity contribution in [2.24, 2.45) is 0 Å². The number of carbonyl (C=O) groups excluding carboxylic acids is 1. The number of hydrogen-bond acceptors (Lipinski definition) is 3. The molecule has 0 N–H and O–H groups in total. The number of benzene rings is 2. The molecule has 27 heavy (non-hydrogen) atoms. The maximum atomic E-state index is 12.6. The van der Waals surface area contributed by atoms with Crippen molar-refractivity contribution < 1.29 is 9.53 Å². The Hall–Kier alpha value is -2.43. The number of carbonyl (C=O) groups is 1. The van der Waals surface area contributed by atoms with Gasteiger partial charge in [-0.1, -0.05) is 66.7 Å². The molecule has 1 aliphatic rings. The van der Waals surface area contributed by atoms with Crippen LogP contribution in [0.2, 0.25) is 0 Å². The van der Waals surface area contributed by atoms with Gasteiger partial charge in [-0.3, -0.25) is 4.79 Å². The van der Waals surface area contributed by atoms with Crippen LogP contribution in [0.15, 0.2) is 78.2 Å². The van der Waals surface area contributed by atoms with Crippen molar-refractivity contribution in [1.29, 1.82) is 0 Å². The Morgan fingerprint density at radius 1 is 1.04 bits per heavy atom. The molecule has 2 heterocycles. The highest BCUT2D eigenvalue weighted by Crippen LogP contribution is 2.43. The zero-order chi connectivity index (χ0) is 18.6. The van der Waals surface area contributed by atoms with Crippen molar-refractivity contribution in [1.82, 2.24) is 4.90 Å². The second-order valence-electron chi connectivity index (χ2n) is 6.95. The molecule has 3 nitrogen and oxygen atoms in total. The predicted octanol–water partition coefficient (Wildman–Crippen LogP) is 5.02. The molecule has 4 rings (SSSR count). The van der Waals surface area contributed by atoms with E-state index >= 15 is 0 Å². The van der Waals surface area contributed by atoms with Gasteiger partial charge in [0.1, 0.15) is 6.10 Å². The molecular formula is C23H23NO2S. The minimum atomic E-state index is -0.146. The highest BCUT2D eigenvalue weighted by atomic mass is 32.1. The van der Waals surface area contributed by atoms with Gasteiger partial charge in [-0.2, -0.15) is 0 Å². The SMILES string of the molecule is CN1C(=O)C[C@H](c2ccccc2)[C@@H]1[C@H](OCc1ccccc1)c1cccs1. The Bertz CT molecular complexity index is 864. The third-order valence-electron chi connectivity index (χ3n) is 5.28. The molecule has 0 radical (unpaired) electrons. The summed E-state index contributed by atoms with van der Waals surface area (Å²) < 4.78 is 6.44. The monoisotopic (exact) mass is 377 g/mol. The van der Waals surface area contributed by atoms with Crippen LogP contribution >= 0.6 is 11.3 Å². The molecule has 138 valence electrons. The maximum absolute atomic E-state index is 12.6. The molecular weight excluding hydrogens is 354 g/mol. The van der Waals surface area contributed by atoms with Crippen LogP contribution < -0.4 is 0 Å². The standard InChI is InChI=1S/C23H23NO2S/c1-24-21(25)15-19(18-11-6-3-7-12-18)22(24)23(20-13-8-14-27-20)26-16-17-9-4-2-5-10-17/h2-14,19,22-23H,15-16H2,1H3/t19-,22-,23-/m1/s1. The van der Waals surface area contributed by atoms with Crippen LogP contribution in [0.3, 0.4) is 0 Å². The largest absolute Gasteiger partial charge is 0.366 e. The predicted molar refractivity (Wildman–Crippen MR) is 109 cm³/mol. The summed E-state index contributed by atoms with van der Waals surface area (Å²) in [4.78, 5) is 15.6. The van der Waals surface area contributed by atoms with E-state index in [1.54, 1.807) is 11.3 Å². The van der Waals surface area contributed by atoms with Gasteiger partial charge in [0.05, 0.1) is 12.6 Å². The second-order valence-corrected chi connectivity index (χ2v) is 7.93. The van der Waals surface area contributed by atoms with E-state index in [2.05, 4.69) is 35.7 Å². The van der Waals surface area contributed by atoms with Crippen LogP contribution in [0.1, 0.15) is 34.4 Å². The third kappa shape index (κ3) is 3.82. The highest BCUT2D eigenvalue weighted by molar-refractivity contribution is 7.10. The fourth-order valence-corrected chi connectivity index (χ4v) is 4.69. The van der Waals surface area contributed by atoms with E-state index < -0.39 is 0 Å². The van der Waals surface area contributed by atoms with Crippen molar-refractivity contribution in [2.45, 2.75) is 31.1 Å². The Morgan fingerprint density at radius 3 is 2.41 bits per heavy atom. The zero-order valence-electron chi connectivity index (χ0n) is 15.3. The van der Waals surface area contributed by atoms with E-state index in [1.807, 2.05) is 54.4 Å². The Morgan fingerprint density at radius 2 is 1.74 bits per heavy atom. The minimum Gasteiger partial charge on any atom is -0.366 e. The summed E-state index contributed by atoms with van der Waals surface area (Å²) in [7, 11) is 1.91. The molecule has 1 aliphatic heterocycles. The molecule has 1 amide bonds. The van der Waals surface area contributed by atoms with Gasteiger partial charge >= 0.3 is 0 Å². The van der Waals surface area contributed by atoms with Crippen LogP contribution in [-0.2, 0) is 16.1 Å². The highest BCUT2D eigenvalue weighted by Gasteiger charge is 2.44. The van der Waals surface area contributed by atoms with Crippen LogP contribution in [0.4, 0.5) is 0 Å². The first-order valence-corrected chi connectivity index (χ1v) is 10.1. The summed E-state index contributed by atoms with van der Waals surface area (Å²) in [5.74, 6) is 0.310. The number of rotatable bonds is 6. The number of ether oxygens (including phenoxy) is 1. The lowest BCUT2D eigenvalue weighted by Crippen LogP contribution is -2.37. The number of likely N-dealkylation sites (N-methyl/N-ethyl adjacent to an activating group) is 1. The molecule has 0 spiro atoms. The van der Waals surface area contributed by atoms with Crippen molar-refractivity contribution >= 4 is 17.2 Å². The summed E-state index contributed by atoms with van der Waals surface area (Å²) in [6.45, 7) is 0.531. The van der Waals surface area contributed by atoms with Gasteiger partial charge in [0.25, 0.3) is 0 Å². The molecule has 1 saturated heterocycles. The first-order chi connectivity index (χ1) is 13.2. The molecule has 0 aliphatic carbocycles. The number of nitrogens with zero attached hydrogens (tertiary/aromatic N) is 1. The van der Waals surface area contributed by atoms with Gasteiger partial charge < -0.3 is 9.64 Å². The third-order valence-corrected chi connectivity index (χ3v) is 6.22.